The smallest absolute Gasteiger partial charge is 0.170 e. The molecule has 0 saturated heterocycles. The molecule has 9 nitrogen and oxygen atoms in total. The van der Waals surface area contributed by atoms with E-state index in [0.29, 0.717) is 36.3 Å². The van der Waals surface area contributed by atoms with Crippen molar-refractivity contribution >= 4 is 11.6 Å². The first-order chi connectivity index (χ1) is 21.7. The van der Waals surface area contributed by atoms with Gasteiger partial charge in [-0.2, -0.15) is 0 Å². The van der Waals surface area contributed by atoms with Crippen LogP contribution in [0.3, 0.4) is 0 Å². The standard InChI is InChI=1S/C36H49N3O6/c1-4-6-7-8-9-10-29(41)34(44)30(42)14-11-23-19-28(33(43)31(20-23)45-3)32-26-16-18-38-35(37)27(26)15-17-36(32,22-40)21-25-13-12-24(5-2)39-25/h12-13,15-17,19-20,32,34,38-40,43-44H,4-11,14,18,21-22,37H2,1-3H3/t32-,34-,36-/m0/s1. The number of aromatic hydroxyl groups is 1. The van der Waals surface area contributed by atoms with Crippen molar-refractivity contribution in [1.82, 2.24) is 10.3 Å². The van der Waals surface area contributed by atoms with Gasteiger partial charge < -0.3 is 36.1 Å². The number of fused-ring (bicyclic) bond motifs is 1. The zero-order valence-corrected chi connectivity index (χ0v) is 26.8. The average molecular weight is 620 g/mol. The molecule has 2 heterocycles. The summed E-state index contributed by atoms with van der Waals surface area (Å²) >= 11 is 0. The van der Waals surface area contributed by atoms with Gasteiger partial charge in [0.05, 0.1) is 13.7 Å². The molecule has 0 spiro atoms. The molecule has 4 rings (SSSR count). The maximum absolute atomic E-state index is 12.9. The van der Waals surface area contributed by atoms with Crippen molar-refractivity contribution in [2.45, 2.75) is 90.1 Å². The van der Waals surface area contributed by atoms with Gasteiger partial charge in [-0.05, 0) is 55.0 Å². The zero-order valence-electron chi connectivity index (χ0n) is 26.8. The zero-order chi connectivity index (χ0) is 32.6. The number of aliphatic hydroxyl groups is 2. The van der Waals surface area contributed by atoms with E-state index in [0.717, 1.165) is 54.6 Å². The normalized spacial score (nSPS) is 19.9. The van der Waals surface area contributed by atoms with Gasteiger partial charge in [0.15, 0.2) is 29.2 Å². The van der Waals surface area contributed by atoms with Crippen molar-refractivity contribution in [3.63, 3.8) is 0 Å². The third-order valence-electron chi connectivity index (χ3n) is 9.18. The number of aryl methyl sites for hydroxylation is 2. The summed E-state index contributed by atoms with van der Waals surface area (Å²) in [4.78, 5) is 28.8. The number of phenolic OH excluding ortho intramolecular Hbond substituents is 1. The highest BCUT2D eigenvalue weighted by molar-refractivity contribution is 6.05. The molecule has 0 saturated carbocycles. The number of nitrogens with one attached hydrogen (secondary N) is 2. The molecule has 45 heavy (non-hydrogen) atoms. The van der Waals surface area contributed by atoms with Crippen molar-refractivity contribution in [2.75, 3.05) is 20.3 Å². The van der Waals surface area contributed by atoms with Crippen LogP contribution in [0.1, 0.15) is 87.2 Å². The van der Waals surface area contributed by atoms with Crippen LogP contribution in [-0.4, -0.2) is 58.2 Å². The van der Waals surface area contributed by atoms with Gasteiger partial charge in [-0.1, -0.05) is 63.8 Å². The Kier molecular flexibility index (Phi) is 11.7. The van der Waals surface area contributed by atoms with E-state index in [-0.39, 0.29) is 37.4 Å². The number of unbranched alkanes of at least 4 members (excludes halogenated alkanes) is 4. The number of dihydropyridines is 1. The van der Waals surface area contributed by atoms with Crippen molar-refractivity contribution in [2.24, 2.45) is 11.1 Å². The van der Waals surface area contributed by atoms with Crippen LogP contribution in [0.4, 0.5) is 0 Å². The number of hydrogen-bond donors (Lipinski definition) is 6. The van der Waals surface area contributed by atoms with E-state index in [1.165, 1.54) is 7.11 Å². The monoisotopic (exact) mass is 619 g/mol. The molecule has 7 N–H and O–H groups in total. The molecule has 0 bridgehead atoms. The van der Waals surface area contributed by atoms with Gasteiger partial charge in [-0.15, -0.1) is 0 Å². The number of methoxy groups -OCH3 is 1. The number of hydrogen-bond acceptors (Lipinski definition) is 8. The Morgan fingerprint density at radius 1 is 1.09 bits per heavy atom. The highest BCUT2D eigenvalue weighted by atomic mass is 16.5. The Balaban J connectivity index is 1.65. The number of nitrogens with two attached hydrogens (primary N) is 1. The predicted octanol–water partition coefficient (Wildman–Crippen LogP) is 4.66. The van der Waals surface area contributed by atoms with Crippen molar-refractivity contribution < 1.29 is 29.6 Å². The van der Waals surface area contributed by atoms with Crippen LogP contribution in [0.25, 0.3) is 0 Å². The minimum Gasteiger partial charge on any atom is -0.504 e. The van der Waals surface area contributed by atoms with Gasteiger partial charge in [0, 0.05) is 53.2 Å². The van der Waals surface area contributed by atoms with Gasteiger partial charge in [0.25, 0.3) is 0 Å². The minimum atomic E-state index is -1.63. The first kappa shape index (κ1) is 34.1. The van der Waals surface area contributed by atoms with E-state index in [1.54, 1.807) is 6.07 Å². The van der Waals surface area contributed by atoms with Crippen LogP contribution in [0, 0.1) is 5.41 Å². The number of ketones is 2. The molecule has 244 valence electrons. The van der Waals surface area contributed by atoms with Crippen LogP contribution in [0.5, 0.6) is 11.5 Å². The van der Waals surface area contributed by atoms with E-state index >= 15 is 0 Å². The molecule has 0 fully saturated rings. The largest absolute Gasteiger partial charge is 0.504 e. The van der Waals surface area contributed by atoms with E-state index in [1.807, 2.05) is 36.4 Å². The topological polar surface area (TPSA) is 158 Å². The van der Waals surface area contributed by atoms with E-state index in [2.05, 4.69) is 24.1 Å². The first-order valence-electron chi connectivity index (χ1n) is 16.2. The minimum absolute atomic E-state index is 0.0428. The molecule has 2 aliphatic rings. The fourth-order valence-corrected chi connectivity index (χ4v) is 6.57. The average Bonchev–Trinajstić information content (AvgIpc) is 3.50. The number of ether oxygens (including phenoxy) is 1. The number of aromatic amines is 1. The molecule has 1 aliphatic heterocycles. The van der Waals surface area contributed by atoms with Gasteiger partial charge in [-0.3, -0.25) is 9.59 Å². The molecule has 2 aromatic rings. The second-order valence-corrected chi connectivity index (χ2v) is 12.3. The van der Waals surface area contributed by atoms with E-state index in [4.69, 9.17) is 10.5 Å². The number of rotatable bonds is 17. The maximum Gasteiger partial charge on any atom is 0.170 e. The number of carbonyl (C=O) groups excluding carboxylic acids is 2. The fourth-order valence-electron chi connectivity index (χ4n) is 6.57. The quantitative estimate of drug-likeness (QED) is 0.110. The van der Waals surface area contributed by atoms with Gasteiger partial charge in [0.2, 0.25) is 0 Å². The Labute approximate surface area is 266 Å². The van der Waals surface area contributed by atoms with Crippen molar-refractivity contribution in [3.05, 3.63) is 82.0 Å². The molecule has 0 amide bonds. The summed E-state index contributed by atoms with van der Waals surface area (Å²) in [5.41, 5.74) is 10.5. The molecule has 0 unspecified atom stereocenters. The number of carbonyl (C=O) groups is 2. The van der Waals surface area contributed by atoms with Crippen molar-refractivity contribution in [1.29, 1.82) is 0 Å². The van der Waals surface area contributed by atoms with Crippen LogP contribution >= 0.6 is 0 Å². The fraction of sp³-hybridized carbons (Fsp3) is 0.500. The summed E-state index contributed by atoms with van der Waals surface area (Å²) in [5.74, 6) is -0.757. The number of benzene rings is 1. The van der Waals surface area contributed by atoms with Gasteiger partial charge >= 0.3 is 0 Å². The molecule has 1 aromatic heterocycles. The summed E-state index contributed by atoms with van der Waals surface area (Å²) in [6.45, 7) is 4.49. The number of phenols is 1. The lowest BCUT2D eigenvalue weighted by atomic mass is 9.61. The van der Waals surface area contributed by atoms with Crippen molar-refractivity contribution in [3.8, 4) is 11.5 Å². The predicted molar refractivity (Wildman–Crippen MR) is 175 cm³/mol. The Bertz CT molecular complexity index is 1450. The first-order valence-corrected chi connectivity index (χ1v) is 16.2. The molecular formula is C36H49N3O6. The third kappa shape index (κ3) is 7.71. The van der Waals surface area contributed by atoms with Gasteiger partial charge in [-0.25, -0.2) is 0 Å². The number of allylic oxidation sites excluding steroid dienone is 3. The van der Waals surface area contributed by atoms with Gasteiger partial charge in [0.1, 0.15) is 5.82 Å². The number of aromatic nitrogens is 1. The second-order valence-electron chi connectivity index (χ2n) is 12.3. The number of H-pyrrole nitrogens is 1. The summed E-state index contributed by atoms with van der Waals surface area (Å²) in [7, 11) is 1.47. The SMILES string of the molecule is CCCCCCCC(=O)[C@H](O)C(=O)CCc1cc(OC)c(O)c([C@@H]2C3=CCNC(N)=C3C=C[C@@]2(CO)Cc2ccc(CC)[nH]2)c1. The van der Waals surface area contributed by atoms with Crippen LogP contribution < -0.4 is 15.8 Å². The van der Waals surface area contributed by atoms with Crippen LogP contribution in [0.15, 0.2) is 59.5 Å². The number of aliphatic hydroxyl groups excluding tert-OH is 2. The molecule has 9 heteroatoms. The second kappa shape index (κ2) is 15.5. The number of Topliss-reactive ketones (excluding diaryl/α,β-unsaturated/α-hetero) is 2. The molecular weight excluding hydrogens is 570 g/mol. The third-order valence-corrected chi connectivity index (χ3v) is 9.18. The molecule has 1 aliphatic carbocycles. The highest BCUT2D eigenvalue weighted by Gasteiger charge is 2.45. The van der Waals surface area contributed by atoms with E-state index in [9.17, 15) is 24.9 Å². The van der Waals surface area contributed by atoms with E-state index < -0.39 is 29.0 Å². The van der Waals surface area contributed by atoms with Crippen LogP contribution in [-0.2, 0) is 28.9 Å². The maximum atomic E-state index is 12.9. The summed E-state index contributed by atoms with van der Waals surface area (Å²) in [5, 5.41) is 36.2. The molecule has 3 atom stereocenters. The summed E-state index contributed by atoms with van der Waals surface area (Å²) < 4.78 is 5.58. The lowest BCUT2D eigenvalue weighted by molar-refractivity contribution is -0.138. The van der Waals surface area contributed by atoms with Crippen LogP contribution in [0.2, 0.25) is 0 Å². The summed E-state index contributed by atoms with van der Waals surface area (Å²) in [6.07, 6.45) is 10.8. The Morgan fingerprint density at radius 3 is 2.51 bits per heavy atom. The molecule has 1 aromatic carbocycles. The lowest BCUT2D eigenvalue weighted by Crippen LogP contribution is -2.40. The highest BCUT2D eigenvalue weighted by Crippen LogP contribution is 2.54. The Hall–Kier alpha value is -3.82. The molecule has 0 radical (unpaired) electrons. The summed E-state index contributed by atoms with van der Waals surface area (Å²) in [6, 6.07) is 7.58. The lowest BCUT2D eigenvalue weighted by Gasteiger charge is -2.44. The Morgan fingerprint density at radius 2 is 1.82 bits per heavy atom.